The zero-order valence-electron chi connectivity index (χ0n) is 11.0. The van der Waals surface area contributed by atoms with Crippen LogP contribution in [0.3, 0.4) is 0 Å². The van der Waals surface area contributed by atoms with Crippen molar-refractivity contribution in [3.05, 3.63) is 69.4 Å². The zero-order chi connectivity index (χ0) is 14.5. The molecule has 2 aromatic carbocycles. The maximum absolute atomic E-state index is 13.2. The minimum atomic E-state index is -0.246. The lowest BCUT2D eigenvalue weighted by molar-refractivity contribution is 0.568. The summed E-state index contributed by atoms with van der Waals surface area (Å²) in [4.78, 5) is 0. The first-order chi connectivity index (χ1) is 9.60. The van der Waals surface area contributed by atoms with Crippen LogP contribution < -0.4 is 5.32 Å². The lowest BCUT2D eigenvalue weighted by atomic mass is 10.1. The Labute approximate surface area is 126 Å². The molecule has 0 amide bonds. The van der Waals surface area contributed by atoms with Gasteiger partial charge in [-0.25, -0.2) is 4.39 Å². The summed E-state index contributed by atoms with van der Waals surface area (Å²) in [7, 11) is 0. The number of nitrogens with one attached hydrogen (secondary N) is 1. The molecule has 2 aromatic rings. The molecule has 20 heavy (non-hydrogen) atoms. The Morgan fingerprint density at radius 1 is 1.30 bits per heavy atom. The number of rotatable bonds is 4. The fraction of sp³-hybridized carbons (Fsp3) is 0.188. The molecule has 2 rings (SSSR count). The van der Waals surface area contributed by atoms with Crippen LogP contribution in [-0.2, 0) is 6.54 Å². The molecule has 0 heterocycles. The van der Waals surface area contributed by atoms with Gasteiger partial charge in [-0.05, 0) is 48.4 Å². The Balaban J connectivity index is 2.06. The van der Waals surface area contributed by atoms with Crippen molar-refractivity contribution < 1.29 is 4.39 Å². The molecule has 2 nitrogen and oxygen atoms in total. The number of benzene rings is 2. The lowest BCUT2D eigenvalue weighted by Gasteiger charge is -2.15. The Hall–Kier alpha value is -1.70. The average Bonchev–Trinajstić information content (AvgIpc) is 2.48. The summed E-state index contributed by atoms with van der Waals surface area (Å²) in [5, 5.41) is 12.2. The van der Waals surface area contributed by atoms with E-state index >= 15 is 0 Å². The summed E-state index contributed by atoms with van der Waals surface area (Å²) in [5.41, 5.74) is 2.55. The van der Waals surface area contributed by atoms with Crippen molar-refractivity contribution in [2.24, 2.45) is 0 Å². The predicted octanol–water partition coefficient (Wildman–Crippen LogP) is 4.31. The fourth-order valence-corrected chi connectivity index (χ4v) is 2.32. The SMILES string of the molecule is CC(NCc1cc(F)ccc1Br)c1cccc(C#N)c1. The van der Waals surface area contributed by atoms with E-state index in [-0.39, 0.29) is 11.9 Å². The second kappa shape index (κ2) is 6.65. The number of nitrogens with zero attached hydrogens (tertiary/aromatic N) is 1. The molecule has 1 unspecified atom stereocenters. The maximum atomic E-state index is 13.2. The summed E-state index contributed by atoms with van der Waals surface area (Å²) in [6.07, 6.45) is 0. The minimum Gasteiger partial charge on any atom is -0.306 e. The molecule has 102 valence electrons. The zero-order valence-corrected chi connectivity index (χ0v) is 12.6. The van der Waals surface area contributed by atoms with Crippen molar-refractivity contribution in [1.29, 1.82) is 5.26 Å². The first kappa shape index (κ1) is 14.7. The van der Waals surface area contributed by atoms with E-state index in [1.807, 2.05) is 25.1 Å². The smallest absolute Gasteiger partial charge is 0.123 e. The fourth-order valence-electron chi connectivity index (χ4n) is 1.94. The molecule has 0 radical (unpaired) electrons. The van der Waals surface area contributed by atoms with Crippen LogP contribution in [0, 0.1) is 17.1 Å². The van der Waals surface area contributed by atoms with Gasteiger partial charge >= 0.3 is 0 Å². The van der Waals surface area contributed by atoms with Gasteiger partial charge in [0.05, 0.1) is 11.6 Å². The van der Waals surface area contributed by atoms with Crippen LogP contribution in [0.15, 0.2) is 46.9 Å². The van der Waals surface area contributed by atoms with Crippen LogP contribution in [0.2, 0.25) is 0 Å². The number of hydrogen-bond donors (Lipinski definition) is 1. The molecule has 0 bridgehead atoms. The van der Waals surface area contributed by atoms with Gasteiger partial charge < -0.3 is 5.32 Å². The third kappa shape index (κ3) is 3.66. The van der Waals surface area contributed by atoms with E-state index in [1.54, 1.807) is 12.1 Å². The Bertz CT molecular complexity index is 649. The molecule has 0 aliphatic carbocycles. The first-order valence-electron chi connectivity index (χ1n) is 6.27. The van der Waals surface area contributed by atoms with Crippen LogP contribution in [-0.4, -0.2) is 0 Å². The molecule has 1 N–H and O–H groups in total. The topological polar surface area (TPSA) is 35.8 Å². The quantitative estimate of drug-likeness (QED) is 0.905. The van der Waals surface area contributed by atoms with E-state index < -0.39 is 0 Å². The summed E-state index contributed by atoms with van der Waals surface area (Å²) in [5.74, 6) is -0.246. The third-order valence-corrected chi connectivity index (χ3v) is 3.90. The van der Waals surface area contributed by atoms with E-state index in [0.29, 0.717) is 12.1 Å². The molecular weight excluding hydrogens is 319 g/mol. The van der Waals surface area contributed by atoms with Gasteiger partial charge in [-0.15, -0.1) is 0 Å². The van der Waals surface area contributed by atoms with Crippen LogP contribution in [0.5, 0.6) is 0 Å². The molecule has 0 saturated carbocycles. The molecular formula is C16H14BrFN2. The number of halogens is 2. The molecule has 0 fully saturated rings. The van der Waals surface area contributed by atoms with E-state index in [2.05, 4.69) is 27.3 Å². The molecule has 0 aliphatic heterocycles. The van der Waals surface area contributed by atoms with Gasteiger partial charge in [0.2, 0.25) is 0 Å². The minimum absolute atomic E-state index is 0.0819. The van der Waals surface area contributed by atoms with Crippen molar-refractivity contribution in [3.8, 4) is 6.07 Å². The highest BCUT2D eigenvalue weighted by Gasteiger charge is 2.07. The van der Waals surface area contributed by atoms with Gasteiger partial charge in [0.15, 0.2) is 0 Å². The van der Waals surface area contributed by atoms with Crippen molar-refractivity contribution in [2.75, 3.05) is 0 Å². The normalized spacial score (nSPS) is 11.9. The van der Waals surface area contributed by atoms with Gasteiger partial charge in [-0.3, -0.25) is 0 Å². The Kier molecular flexibility index (Phi) is 4.89. The molecule has 0 saturated heterocycles. The van der Waals surface area contributed by atoms with E-state index in [0.717, 1.165) is 15.6 Å². The van der Waals surface area contributed by atoms with Crippen LogP contribution in [0.1, 0.15) is 29.7 Å². The first-order valence-corrected chi connectivity index (χ1v) is 7.07. The average molecular weight is 333 g/mol. The Morgan fingerprint density at radius 2 is 2.10 bits per heavy atom. The van der Waals surface area contributed by atoms with Gasteiger partial charge in [0, 0.05) is 17.1 Å². The second-order valence-electron chi connectivity index (χ2n) is 4.58. The van der Waals surface area contributed by atoms with Crippen LogP contribution in [0.4, 0.5) is 4.39 Å². The summed E-state index contributed by atoms with van der Waals surface area (Å²) in [6.45, 7) is 2.57. The molecule has 4 heteroatoms. The van der Waals surface area contributed by atoms with Gasteiger partial charge in [-0.1, -0.05) is 28.1 Å². The van der Waals surface area contributed by atoms with E-state index in [9.17, 15) is 4.39 Å². The maximum Gasteiger partial charge on any atom is 0.123 e. The monoisotopic (exact) mass is 332 g/mol. The highest BCUT2D eigenvalue weighted by molar-refractivity contribution is 9.10. The second-order valence-corrected chi connectivity index (χ2v) is 5.43. The van der Waals surface area contributed by atoms with Crippen molar-refractivity contribution in [1.82, 2.24) is 5.32 Å². The molecule has 0 aromatic heterocycles. The molecule has 0 aliphatic rings. The summed E-state index contributed by atoms with van der Waals surface area (Å²) >= 11 is 3.41. The van der Waals surface area contributed by atoms with Gasteiger partial charge in [-0.2, -0.15) is 5.26 Å². The predicted molar refractivity (Wildman–Crippen MR) is 80.5 cm³/mol. The number of nitriles is 1. The lowest BCUT2D eigenvalue weighted by Crippen LogP contribution is -2.18. The van der Waals surface area contributed by atoms with Gasteiger partial charge in [0.1, 0.15) is 5.82 Å². The van der Waals surface area contributed by atoms with Crippen LogP contribution >= 0.6 is 15.9 Å². The Morgan fingerprint density at radius 3 is 2.85 bits per heavy atom. The van der Waals surface area contributed by atoms with E-state index in [4.69, 9.17) is 5.26 Å². The van der Waals surface area contributed by atoms with Crippen LogP contribution in [0.25, 0.3) is 0 Å². The molecule has 1 atom stereocenters. The molecule has 0 spiro atoms. The number of hydrogen-bond acceptors (Lipinski definition) is 2. The summed E-state index contributed by atoms with van der Waals surface area (Å²) in [6, 6.07) is 14.3. The summed E-state index contributed by atoms with van der Waals surface area (Å²) < 4.78 is 14.1. The van der Waals surface area contributed by atoms with E-state index in [1.165, 1.54) is 12.1 Å². The van der Waals surface area contributed by atoms with Crippen molar-refractivity contribution in [3.63, 3.8) is 0 Å². The van der Waals surface area contributed by atoms with Gasteiger partial charge in [0.25, 0.3) is 0 Å². The third-order valence-electron chi connectivity index (χ3n) is 3.12. The van der Waals surface area contributed by atoms with Crippen molar-refractivity contribution in [2.45, 2.75) is 19.5 Å². The highest BCUT2D eigenvalue weighted by atomic mass is 79.9. The standard InChI is InChI=1S/C16H14BrFN2/c1-11(13-4-2-3-12(7-13)9-19)20-10-14-8-15(18)5-6-16(14)17/h2-8,11,20H,10H2,1H3. The largest absolute Gasteiger partial charge is 0.306 e. The highest BCUT2D eigenvalue weighted by Crippen LogP contribution is 2.20. The van der Waals surface area contributed by atoms with Crippen molar-refractivity contribution >= 4 is 15.9 Å².